The monoisotopic (exact) mass is 406 g/mol. The first kappa shape index (κ1) is 18.0. The van der Waals surface area contributed by atoms with Crippen LogP contribution in [0.2, 0.25) is 0 Å². The lowest BCUT2D eigenvalue weighted by molar-refractivity contribution is -0.152. The van der Waals surface area contributed by atoms with E-state index in [9.17, 15) is 14.7 Å². The molecule has 0 amide bonds. The van der Waals surface area contributed by atoms with Gasteiger partial charge in [0.15, 0.2) is 23.4 Å². The van der Waals surface area contributed by atoms with Gasteiger partial charge in [0.25, 0.3) is 0 Å². The van der Waals surface area contributed by atoms with Crippen LogP contribution in [-0.2, 0) is 16.6 Å². The highest BCUT2D eigenvalue weighted by Crippen LogP contribution is 2.68. The maximum absolute atomic E-state index is 12.8. The number of carbonyl (C=O) groups excluding carboxylic acids is 2. The molecule has 6 heteroatoms. The number of esters is 1. The second kappa shape index (κ2) is 5.85. The molecule has 3 aliphatic carbocycles. The summed E-state index contributed by atoms with van der Waals surface area (Å²) in [4.78, 5) is 25.6. The fourth-order valence-electron chi connectivity index (χ4n) is 6.37. The number of methoxy groups -OCH3 is 1. The summed E-state index contributed by atoms with van der Waals surface area (Å²) < 4.78 is 17.0. The van der Waals surface area contributed by atoms with E-state index < -0.39 is 23.1 Å². The van der Waals surface area contributed by atoms with E-state index in [-0.39, 0.29) is 11.7 Å². The van der Waals surface area contributed by atoms with E-state index in [1.54, 1.807) is 37.4 Å². The van der Waals surface area contributed by atoms with Crippen molar-refractivity contribution < 1.29 is 28.9 Å². The minimum absolute atomic E-state index is 0.0248. The molecule has 2 aromatic rings. The zero-order chi connectivity index (χ0) is 20.7. The van der Waals surface area contributed by atoms with Crippen molar-refractivity contribution in [1.29, 1.82) is 0 Å². The Morgan fingerprint density at radius 1 is 1.17 bits per heavy atom. The number of ether oxygens (including phenoxy) is 3. The van der Waals surface area contributed by atoms with Gasteiger partial charge in [0, 0.05) is 12.0 Å². The molecule has 6 nitrogen and oxygen atoms in total. The maximum Gasteiger partial charge on any atom is 0.343 e. The third-order valence-corrected chi connectivity index (χ3v) is 7.71. The van der Waals surface area contributed by atoms with Crippen LogP contribution < -0.4 is 14.2 Å². The molecular weight excluding hydrogens is 384 g/mol. The van der Waals surface area contributed by atoms with Gasteiger partial charge >= 0.3 is 5.97 Å². The Labute approximate surface area is 173 Å². The molecule has 154 valence electrons. The van der Waals surface area contributed by atoms with Crippen molar-refractivity contribution in [3.63, 3.8) is 0 Å². The van der Waals surface area contributed by atoms with Gasteiger partial charge in [-0.2, -0.15) is 0 Å². The number of Topliss-reactive ketones (excluding diaryl/α,β-unsaturated/α-hetero) is 1. The van der Waals surface area contributed by atoms with Gasteiger partial charge in [0.05, 0.1) is 23.7 Å². The van der Waals surface area contributed by atoms with E-state index in [1.807, 2.05) is 6.07 Å². The summed E-state index contributed by atoms with van der Waals surface area (Å²) in [5.74, 6) is 1.07. The van der Waals surface area contributed by atoms with E-state index in [2.05, 4.69) is 0 Å². The first-order chi connectivity index (χ1) is 14.5. The average Bonchev–Trinajstić information content (AvgIpc) is 3.20. The lowest BCUT2D eigenvalue weighted by Gasteiger charge is -2.51. The molecular formula is C24H22O6. The number of benzene rings is 2. The molecule has 0 saturated heterocycles. The van der Waals surface area contributed by atoms with Crippen LogP contribution in [0, 0.1) is 5.92 Å². The molecule has 0 aromatic heterocycles. The number of ketones is 1. The Balaban J connectivity index is 1.43. The summed E-state index contributed by atoms with van der Waals surface area (Å²) in [6.45, 7) is 0. The van der Waals surface area contributed by atoms with Crippen LogP contribution in [0.4, 0.5) is 0 Å². The van der Waals surface area contributed by atoms with Crippen LogP contribution in [0.1, 0.15) is 47.2 Å². The Bertz CT molecular complexity index is 1090. The van der Waals surface area contributed by atoms with E-state index >= 15 is 0 Å². The molecule has 4 atom stereocenters. The lowest BCUT2D eigenvalue weighted by Crippen LogP contribution is -2.64. The summed E-state index contributed by atoms with van der Waals surface area (Å²) in [5.41, 5.74) is 0.735. The summed E-state index contributed by atoms with van der Waals surface area (Å²) in [7, 11) is 1.56. The van der Waals surface area contributed by atoms with Gasteiger partial charge in [-0.3, -0.25) is 4.79 Å². The Morgan fingerprint density at radius 3 is 2.73 bits per heavy atom. The van der Waals surface area contributed by atoms with Gasteiger partial charge in [-0.1, -0.05) is 6.07 Å². The van der Waals surface area contributed by atoms with Crippen LogP contribution in [-0.4, -0.2) is 35.7 Å². The van der Waals surface area contributed by atoms with Crippen LogP contribution in [0.5, 0.6) is 17.2 Å². The van der Waals surface area contributed by atoms with Gasteiger partial charge < -0.3 is 19.3 Å². The van der Waals surface area contributed by atoms with Crippen LogP contribution in [0.25, 0.3) is 0 Å². The number of hydrogen-bond acceptors (Lipinski definition) is 6. The molecule has 30 heavy (non-hydrogen) atoms. The highest BCUT2D eigenvalue weighted by molar-refractivity contribution is 5.93. The van der Waals surface area contributed by atoms with Crippen LogP contribution in [0.15, 0.2) is 36.4 Å². The Hall–Kier alpha value is -2.86. The predicted octanol–water partition coefficient (Wildman–Crippen LogP) is 2.97. The molecule has 4 aliphatic rings. The minimum atomic E-state index is -0.928. The van der Waals surface area contributed by atoms with Gasteiger partial charge in [-0.05, 0) is 67.5 Å². The first-order valence-electron chi connectivity index (χ1n) is 10.4. The molecule has 2 fully saturated rings. The third kappa shape index (κ3) is 2.02. The van der Waals surface area contributed by atoms with Crippen molar-refractivity contribution in [3.8, 4) is 17.2 Å². The summed E-state index contributed by atoms with van der Waals surface area (Å²) in [6.07, 6.45) is 2.46. The van der Waals surface area contributed by atoms with E-state index in [0.29, 0.717) is 35.7 Å². The van der Waals surface area contributed by atoms with Crippen molar-refractivity contribution in [2.75, 3.05) is 7.11 Å². The highest BCUT2D eigenvalue weighted by Gasteiger charge is 2.73. The molecule has 2 bridgehead atoms. The largest absolute Gasteiger partial charge is 0.497 e. The van der Waals surface area contributed by atoms with Crippen molar-refractivity contribution in [1.82, 2.24) is 0 Å². The standard InChI is InChI=1S/C24H22O6/c1-28-16-5-2-13(3-6-16)22(26)29-18-7-4-14-12-15-8-10-23-19(14)20(18)30-21(23)17(25)9-11-24(15,23)27/h2-7,15,21,27H,8-12H2,1H3/t15-,21?,23+,24-/m1/s1. The summed E-state index contributed by atoms with van der Waals surface area (Å²) in [5, 5.41) is 11.7. The average molecular weight is 406 g/mol. The van der Waals surface area contributed by atoms with Gasteiger partial charge in [0.2, 0.25) is 0 Å². The molecule has 1 N–H and O–H groups in total. The van der Waals surface area contributed by atoms with Crippen molar-refractivity contribution in [3.05, 3.63) is 53.1 Å². The smallest absolute Gasteiger partial charge is 0.343 e. The molecule has 1 unspecified atom stereocenters. The predicted molar refractivity (Wildman–Crippen MR) is 106 cm³/mol. The molecule has 0 radical (unpaired) electrons. The number of carbonyl (C=O) groups is 2. The van der Waals surface area contributed by atoms with Crippen LogP contribution >= 0.6 is 0 Å². The Kier molecular flexibility index (Phi) is 3.50. The second-order valence-corrected chi connectivity index (χ2v) is 8.84. The number of hydrogen-bond donors (Lipinski definition) is 1. The lowest BCUT2D eigenvalue weighted by atomic mass is 9.54. The van der Waals surface area contributed by atoms with E-state index in [1.165, 1.54) is 0 Å². The molecule has 1 aliphatic heterocycles. The quantitative estimate of drug-likeness (QED) is 0.623. The minimum Gasteiger partial charge on any atom is -0.497 e. The maximum atomic E-state index is 12.8. The van der Waals surface area contributed by atoms with Gasteiger partial charge in [-0.15, -0.1) is 0 Å². The topological polar surface area (TPSA) is 82.1 Å². The highest BCUT2D eigenvalue weighted by atomic mass is 16.6. The van der Waals surface area contributed by atoms with E-state index in [0.717, 1.165) is 30.4 Å². The van der Waals surface area contributed by atoms with Crippen LogP contribution in [0.3, 0.4) is 0 Å². The first-order valence-corrected chi connectivity index (χ1v) is 10.4. The van der Waals surface area contributed by atoms with Gasteiger partial charge in [-0.25, -0.2) is 4.79 Å². The molecule has 6 rings (SSSR count). The van der Waals surface area contributed by atoms with E-state index in [4.69, 9.17) is 14.2 Å². The molecule has 2 aromatic carbocycles. The second-order valence-electron chi connectivity index (χ2n) is 8.84. The zero-order valence-electron chi connectivity index (χ0n) is 16.6. The van der Waals surface area contributed by atoms with Crippen molar-refractivity contribution in [2.45, 2.75) is 49.2 Å². The normalized spacial score (nSPS) is 32.4. The fourth-order valence-corrected chi connectivity index (χ4v) is 6.37. The SMILES string of the molecule is COc1ccc(C(=O)Oc2ccc3c4c2OC2C(=O)CC[C@@]5(O)[C@H](CC[C@]425)C3)cc1. The summed E-state index contributed by atoms with van der Waals surface area (Å²) >= 11 is 0. The molecule has 1 heterocycles. The molecule has 2 saturated carbocycles. The van der Waals surface area contributed by atoms with Gasteiger partial charge in [0.1, 0.15) is 5.75 Å². The fraction of sp³-hybridized carbons (Fsp3) is 0.417. The molecule has 1 spiro atoms. The zero-order valence-corrected chi connectivity index (χ0v) is 16.6. The third-order valence-electron chi connectivity index (χ3n) is 7.71. The number of rotatable bonds is 3. The number of aliphatic hydroxyl groups is 1. The van der Waals surface area contributed by atoms with Crippen molar-refractivity contribution in [2.24, 2.45) is 5.92 Å². The Morgan fingerprint density at radius 2 is 1.97 bits per heavy atom. The summed E-state index contributed by atoms with van der Waals surface area (Å²) in [6, 6.07) is 10.4. The van der Waals surface area contributed by atoms with Crippen molar-refractivity contribution >= 4 is 11.8 Å².